The minimum atomic E-state index is 0.644. The summed E-state index contributed by atoms with van der Waals surface area (Å²) in [5, 5.41) is 4.98. The lowest BCUT2D eigenvalue weighted by Gasteiger charge is -2.12. The van der Waals surface area contributed by atoms with Gasteiger partial charge in [-0.1, -0.05) is 170 Å². The highest BCUT2D eigenvalue weighted by atomic mass is 15.0. The first-order chi connectivity index (χ1) is 26.3. The molecule has 0 N–H and O–H groups in total. The molecule has 4 nitrogen and oxygen atoms in total. The topological polar surface area (TPSA) is 43.6 Å². The van der Waals surface area contributed by atoms with Gasteiger partial charge in [-0.15, -0.1) is 0 Å². The number of fused-ring (bicyclic) bond motifs is 4. The summed E-state index contributed by atoms with van der Waals surface area (Å²) in [6, 6.07) is 68.3. The van der Waals surface area contributed by atoms with Crippen molar-refractivity contribution in [1.29, 1.82) is 0 Å². The number of rotatable bonds is 6. The lowest BCUT2D eigenvalue weighted by molar-refractivity contribution is 1.07. The molecule has 0 aliphatic heterocycles. The van der Waals surface area contributed by atoms with Gasteiger partial charge in [0, 0.05) is 33.2 Å². The van der Waals surface area contributed by atoms with E-state index in [1.54, 1.807) is 0 Å². The molecule has 0 radical (unpaired) electrons. The largest absolute Gasteiger partial charge is 0.309 e. The third kappa shape index (κ3) is 5.54. The smallest absolute Gasteiger partial charge is 0.164 e. The predicted octanol–water partition coefficient (Wildman–Crippen LogP) is 12.5. The first-order valence-corrected chi connectivity index (χ1v) is 17.9. The summed E-state index contributed by atoms with van der Waals surface area (Å²) in [5.74, 6) is 1.95. The van der Waals surface area contributed by atoms with Crippen molar-refractivity contribution in [3.63, 3.8) is 0 Å². The molecule has 10 aromatic rings. The molecular formula is C49H32N4. The van der Waals surface area contributed by atoms with E-state index in [0.717, 1.165) is 33.5 Å². The molecule has 10 rings (SSSR count). The van der Waals surface area contributed by atoms with Crippen LogP contribution in [0.2, 0.25) is 0 Å². The summed E-state index contributed by atoms with van der Waals surface area (Å²) >= 11 is 0. The first-order valence-electron chi connectivity index (χ1n) is 17.9. The van der Waals surface area contributed by atoms with E-state index in [2.05, 4.69) is 138 Å². The van der Waals surface area contributed by atoms with Crippen molar-refractivity contribution in [2.75, 3.05) is 0 Å². The number of nitrogens with zero attached hydrogens (tertiary/aromatic N) is 4. The van der Waals surface area contributed by atoms with Crippen LogP contribution in [0.15, 0.2) is 194 Å². The van der Waals surface area contributed by atoms with Gasteiger partial charge in [0.1, 0.15) is 0 Å². The standard InChI is InChI=1S/C49H32N4/c1-3-14-35(15-4-1)47-50-48(36-16-5-2-6-17-36)52-49(51-47)37-27-25-33(26-28-37)38-19-11-20-40(31-38)53-45-24-10-9-22-43(45)44-30-29-39(32-46(44)53)42-23-12-18-34-13-7-8-21-41(34)42/h1-32H. The van der Waals surface area contributed by atoms with E-state index in [-0.39, 0.29) is 0 Å². The van der Waals surface area contributed by atoms with Gasteiger partial charge in [0.2, 0.25) is 0 Å². The molecule has 0 atom stereocenters. The third-order valence-corrected chi connectivity index (χ3v) is 10.1. The van der Waals surface area contributed by atoms with E-state index in [0.29, 0.717) is 17.5 Å². The number of hydrogen-bond donors (Lipinski definition) is 0. The molecule has 0 unspecified atom stereocenters. The Morgan fingerprint density at radius 3 is 1.53 bits per heavy atom. The third-order valence-electron chi connectivity index (χ3n) is 10.1. The van der Waals surface area contributed by atoms with Gasteiger partial charge >= 0.3 is 0 Å². The fourth-order valence-corrected chi connectivity index (χ4v) is 7.47. The molecule has 2 aromatic heterocycles. The van der Waals surface area contributed by atoms with Crippen LogP contribution < -0.4 is 0 Å². The average molecular weight is 677 g/mol. The molecule has 0 fully saturated rings. The van der Waals surface area contributed by atoms with Crippen LogP contribution in [-0.4, -0.2) is 19.5 Å². The molecule has 248 valence electrons. The van der Waals surface area contributed by atoms with Crippen molar-refractivity contribution in [3.8, 4) is 62.1 Å². The Labute approximate surface area is 307 Å². The molecule has 2 heterocycles. The summed E-state index contributed by atoms with van der Waals surface area (Å²) in [5.41, 5.74) is 11.0. The first kappa shape index (κ1) is 30.6. The van der Waals surface area contributed by atoms with E-state index in [1.807, 2.05) is 60.7 Å². The van der Waals surface area contributed by atoms with E-state index in [9.17, 15) is 0 Å². The Hall–Kier alpha value is -7.17. The van der Waals surface area contributed by atoms with Crippen molar-refractivity contribution in [2.45, 2.75) is 0 Å². The van der Waals surface area contributed by atoms with Crippen LogP contribution >= 0.6 is 0 Å². The summed E-state index contributed by atoms with van der Waals surface area (Å²) in [6.07, 6.45) is 0. The average Bonchev–Trinajstić information content (AvgIpc) is 3.58. The summed E-state index contributed by atoms with van der Waals surface area (Å²) in [4.78, 5) is 14.7. The van der Waals surface area contributed by atoms with Crippen molar-refractivity contribution < 1.29 is 0 Å². The Bertz CT molecular complexity index is 2870. The fraction of sp³-hybridized carbons (Fsp3) is 0. The molecule has 0 bridgehead atoms. The Morgan fingerprint density at radius 2 is 0.811 bits per heavy atom. The maximum atomic E-state index is 4.93. The second-order valence-corrected chi connectivity index (χ2v) is 13.3. The van der Waals surface area contributed by atoms with Crippen molar-refractivity contribution in [3.05, 3.63) is 194 Å². The van der Waals surface area contributed by atoms with Crippen LogP contribution in [-0.2, 0) is 0 Å². The van der Waals surface area contributed by atoms with Crippen LogP contribution in [0.1, 0.15) is 0 Å². The van der Waals surface area contributed by atoms with Gasteiger partial charge in [-0.3, -0.25) is 0 Å². The Balaban J connectivity index is 1.06. The molecule has 8 aromatic carbocycles. The summed E-state index contributed by atoms with van der Waals surface area (Å²) in [6.45, 7) is 0. The fourth-order valence-electron chi connectivity index (χ4n) is 7.47. The molecule has 0 spiro atoms. The molecule has 0 saturated heterocycles. The number of hydrogen-bond acceptors (Lipinski definition) is 3. The predicted molar refractivity (Wildman–Crippen MR) is 219 cm³/mol. The van der Waals surface area contributed by atoms with Crippen LogP contribution in [0.4, 0.5) is 0 Å². The highest BCUT2D eigenvalue weighted by molar-refractivity contribution is 6.11. The Morgan fingerprint density at radius 1 is 0.302 bits per heavy atom. The molecular weight excluding hydrogens is 645 g/mol. The van der Waals surface area contributed by atoms with Gasteiger partial charge in [-0.2, -0.15) is 0 Å². The van der Waals surface area contributed by atoms with E-state index in [1.165, 1.54) is 43.7 Å². The number of aromatic nitrogens is 4. The van der Waals surface area contributed by atoms with Crippen LogP contribution in [0.25, 0.3) is 94.7 Å². The van der Waals surface area contributed by atoms with Gasteiger partial charge in [-0.05, 0) is 57.3 Å². The maximum absolute atomic E-state index is 4.93. The minimum Gasteiger partial charge on any atom is -0.309 e. The molecule has 0 saturated carbocycles. The highest BCUT2D eigenvalue weighted by Crippen LogP contribution is 2.37. The van der Waals surface area contributed by atoms with Gasteiger partial charge in [0.05, 0.1) is 11.0 Å². The summed E-state index contributed by atoms with van der Waals surface area (Å²) < 4.78 is 2.40. The van der Waals surface area contributed by atoms with Gasteiger partial charge in [-0.25, -0.2) is 15.0 Å². The van der Waals surface area contributed by atoms with Crippen molar-refractivity contribution >= 4 is 32.6 Å². The lowest BCUT2D eigenvalue weighted by atomic mass is 9.97. The van der Waals surface area contributed by atoms with Gasteiger partial charge < -0.3 is 4.57 Å². The van der Waals surface area contributed by atoms with Crippen LogP contribution in [0.3, 0.4) is 0 Å². The zero-order chi connectivity index (χ0) is 35.1. The highest BCUT2D eigenvalue weighted by Gasteiger charge is 2.16. The van der Waals surface area contributed by atoms with Gasteiger partial charge in [0.15, 0.2) is 17.5 Å². The molecule has 0 aliphatic carbocycles. The van der Waals surface area contributed by atoms with E-state index < -0.39 is 0 Å². The van der Waals surface area contributed by atoms with E-state index in [4.69, 9.17) is 15.0 Å². The zero-order valence-corrected chi connectivity index (χ0v) is 28.8. The normalized spacial score (nSPS) is 11.4. The van der Waals surface area contributed by atoms with Crippen LogP contribution in [0.5, 0.6) is 0 Å². The molecule has 53 heavy (non-hydrogen) atoms. The van der Waals surface area contributed by atoms with Crippen LogP contribution in [0, 0.1) is 0 Å². The van der Waals surface area contributed by atoms with Crippen molar-refractivity contribution in [2.24, 2.45) is 0 Å². The quantitative estimate of drug-likeness (QED) is 0.176. The zero-order valence-electron chi connectivity index (χ0n) is 28.8. The SMILES string of the molecule is c1ccc(-c2nc(-c3ccccc3)nc(-c3ccc(-c4cccc(-n5c6ccccc6c6ccc(-c7cccc8ccccc78)cc65)c4)cc3)n2)cc1. The molecule has 4 heteroatoms. The number of para-hydroxylation sites is 1. The Kier molecular flexibility index (Phi) is 7.43. The molecule has 0 aliphatic rings. The number of benzene rings is 8. The monoisotopic (exact) mass is 676 g/mol. The summed E-state index contributed by atoms with van der Waals surface area (Å²) in [7, 11) is 0. The van der Waals surface area contributed by atoms with E-state index >= 15 is 0 Å². The lowest BCUT2D eigenvalue weighted by Crippen LogP contribution is -2.00. The maximum Gasteiger partial charge on any atom is 0.164 e. The van der Waals surface area contributed by atoms with Gasteiger partial charge in [0.25, 0.3) is 0 Å². The minimum absolute atomic E-state index is 0.644. The second kappa shape index (κ2) is 12.9. The second-order valence-electron chi connectivity index (χ2n) is 13.3. The van der Waals surface area contributed by atoms with Crippen molar-refractivity contribution in [1.82, 2.24) is 19.5 Å². The molecule has 0 amide bonds.